The highest BCUT2D eigenvalue weighted by molar-refractivity contribution is 5.71. The molecule has 0 bridgehead atoms. The summed E-state index contributed by atoms with van der Waals surface area (Å²) in [6, 6.07) is 0. The van der Waals surface area contributed by atoms with Crippen LogP contribution >= 0.6 is 0 Å². The van der Waals surface area contributed by atoms with Gasteiger partial charge in [0.2, 0.25) is 0 Å². The summed E-state index contributed by atoms with van der Waals surface area (Å²) in [7, 11) is 0. The van der Waals surface area contributed by atoms with E-state index < -0.39 is 24.0 Å². The monoisotopic (exact) mass is 896 g/mol. The number of carbonyl (C=O) groups excluding carboxylic acids is 3. The number of carbonyl (C=O) groups is 3. The maximum atomic E-state index is 12.7. The van der Waals surface area contributed by atoms with Crippen LogP contribution in [-0.2, 0) is 42.8 Å². The van der Waals surface area contributed by atoms with Crippen LogP contribution in [0.25, 0.3) is 0 Å². The van der Waals surface area contributed by atoms with Gasteiger partial charge in [-0.2, -0.15) is 0 Å². The lowest BCUT2D eigenvalue weighted by Crippen LogP contribution is -2.30. The summed E-state index contributed by atoms with van der Waals surface area (Å²) in [5, 5.41) is 0. The molecule has 6 atom stereocenters. The lowest BCUT2D eigenvalue weighted by atomic mass is 10.1. The first-order chi connectivity index (χ1) is 32.4. The summed E-state index contributed by atoms with van der Waals surface area (Å²) in [6.07, 6.45) is 37.1. The minimum absolute atomic E-state index is 0.0140. The highest BCUT2D eigenvalue weighted by Gasteiger charge is 2.37. The van der Waals surface area contributed by atoms with Gasteiger partial charge >= 0.3 is 17.9 Å². The zero-order valence-electron chi connectivity index (χ0n) is 39.3. The third-order valence-corrected chi connectivity index (χ3v) is 9.80. The fourth-order valence-electron chi connectivity index (χ4n) is 5.96. The average molecular weight is 897 g/mol. The second-order valence-electron chi connectivity index (χ2n) is 15.6. The van der Waals surface area contributed by atoms with Gasteiger partial charge in [-0.15, -0.1) is 0 Å². The van der Waals surface area contributed by atoms with Gasteiger partial charge in [0.05, 0.1) is 37.6 Å². The van der Waals surface area contributed by atoms with E-state index in [-0.39, 0.29) is 88.4 Å². The number of rotatable bonds is 29. The Hall–Kier alpha value is -5.91. The van der Waals surface area contributed by atoms with Crippen molar-refractivity contribution in [3.8, 4) is 71.0 Å². The van der Waals surface area contributed by atoms with Crippen LogP contribution in [0.1, 0.15) is 136 Å². The second kappa shape index (κ2) is 36.3. The molecule has 66 heavy (non-hydrogen) atoms. The molecule has 0 N–H and O–H groups in total. The first-order valence-electron chi connectivity index (χ1n) is 23.8. The van der Waals surface area contributed by atoms with Crippen molar-refractivity contribution in [3.05, 3.63) is 72.9 Å². The number of epoxide rings is 3. The minimum atomic E-state index is -1.01. The lowest BCUT2D eigenvalue weighted by molar-refractivity contribution is -0.166. The first-order valence-corrected chi connectivity index (χ1v) is 23.8. The van der Waals surface area contributed by atoms with Crippen molar-refractivity contribution in [2.75, 3.05) is 13.2 Å². The van der Waals surface area contributed by atoms with Crippen molar-refractivity contribution < 1.29 is 42.8 Å². The normalized spacial score (nSPS) is 20.0. The Morgan fingerprint density at radius 1 is 0.470 bits per heavy atom. The first kappa shape index (κ1) is 54.4. The highest BCUT2D eigenvalue weighted by Crippen LogP contribution is 2.28. The van der Waals surface area contributed by atoms with Crippen molar-refractivity contribution in [1.29, 1.82) is 0 Å². The van der Waals surface area contributed by atoms with E-state index in [0.29, 0.717) is 0 Å². The van der Waals surface area contributed by atoms with Crippen LogP contribution in [0.3, 0.4) is 0 Å². The molecule has 0 aromatic carbocycles. The summed E-state index contributed by atoms with van der Waals surface area (Å²) in [4.78, 5) is 37.8. The number of hydrogen-bond acceptors (Lipinski definition) is 9. The van der Waals surface area contributed by atoms with Crippen molar-refractivity contribution >= 4 is 17.9 Å². The molecule has 0 unspecified atom stereocenters. The molecule has 0 amide bonds. The van der Waals surface area contributed by atoms with Crippen LogP contribution in [0.5, 0.6) is 0 Å². The van der Waals surface area contributed by atoms with Gasteiger partial charge in [0.1, 0.15) is 31.5 Å². The zero-order valence-corrected chi connectivity index (χ0v) is 39.3. The predicted octanol–water partition coefficient (Wildman–Crippen LogP) is 9.73. The smallest absolute Gasteiger partial charge is 0.307 e. The van der Waals surface area contributed by atoms with Gasteiger partial charge in [-0.05, 0) is 113 Å². The van der Waals surface area contributed by atoms with Gasteiger partial charge in [0, 0.05) is 19.3 Å². The Morgan fingerprint density at radius 3 is 1.15 bits per heavy atom. The Labute approximate surface area is 395 Å². The lowest BCUT2D eigenvalue weighted by Gasteiger charge is -2.17. The van der Waals surface area contributed by atoms with Gasteiger partial charge in [0.25, 0.3) is 0 Å². The van der Waals surface area contributed by atoms with Crippen LogP contribution in [0, 0.1) is 71.0 Å². The molecule has 3 aliphatic rings. The summed E-state index contributed by atoms with van der Waals surface area (Å²) in [5.41, 5.74) is 0. The molecule has 3 saturated heterocycles. The van der Waals surface area contributed by atoms with E-state index in [9.17, 15) is 14.4 Å². The van der Waals surface area contributed by atoms with E-state index in [4.69, 9.17) is 28.4 Å². The van der Waals surface area contributed by atoms with E-state index in [1.165, 1.54) is 0 Å². The number of allylic oxidation sites excluding steroid dienone is 12. The molecular weight excluding hydrogens is 829 g/mol. The zero-order chi connectivity index (χ0) is 47.1. The molecule has 9 heteroatoms. The maximum absolute atomic E-state index is 12.7. The van der Waals surface area contributed by atoms with E-state index in [2.05, 4.69) is 165 Å². The Kier molecular flexibility index (Phi) is 30.0. The van der Waals surface area contributed by atoms with Crippen molar-refractivity contribution in [1.82, 2.24) is 0 Å². The average Bonchev–Trinajstić information content (AvgIpc) is 4.26. The van der Waals surface area contributed by atoms with Crippen LogP contribution < -0.4 is 0 Å². The molecule has 0 aliphatic carbocycles. The molecule has 0 aromatic heterocycles. The topological polar surface area (TPSA) is 116 Å². The summed E-state index contributed by atoms with van der Waals surface area (Å²) in [5.74, 6) is 32.7. The van der Waals surface area contributed by atoms with Crippen molar-refractivity contribution in [2.24, 2.45) is 0 Å². The minimum Gasteiger partial charge on any atom is -0.462 e. The molecule has 3 rings (SSSR count). The fourth-order valence-corrected chi connectivity index (χ4v) is 5.96. The summed E-state index contributed by atoms with van der Waals surface area (Å²) in [6.45, 7) is 5.73. The SMILES string of the molecule is CC/C=C\C=C/CCC[C@@H]1O[C@H]1C#CC#CCCC(=O)OCC(COC(=O)CCC#CC#C[C@@H]1O[C@H]1CCC/C=C\C=C/CC)OC(=O)CCC#CC#C[C@@H]1O[C@H]1CCC/C=C\C=C/CC. The summed E-state index contributed by atoms with van der Waals surface area (Å²) < 4.78 is 33.1. The van der Waals surface area contributed by atoms with Gasteiger partial charge in [0.15, 0.2) is 6.10 Å². The molecular formula is C57H68O9. The Balaban J connectivity index is 1.37. The Bertz CT molecular complexity index is 1970. The predicted molar refractivity (Wildman–Crippen MR) is 259 cm³/mol. The molecule has 350 valence electrons. The molecule has 3 fully saturated rings. The number of unbranched alkanes of at least 4 members (excludes halogenated alkanes) is 3. The highest BCUT2D eigenvalue weighted by atomic mass is 16.6. The van der Waals surface area contributed by atoms with Gasteiger partial charge < -0.3 is 28.4 Å². The molecule has 0 radical (unpaired) electrons. The largest absolute Gasteiger partial charge is 0.462 e. The van der Waals surface area contributed by atoms with Crippen molar-refractivity contribution in [2.45, 2.75) is 179 Å². The van der Waals surface area contributed by atoms with E-state index in [0.717, 1.165) is 77.0 Å². The van der Waals surface area contributed by atoms with Crippen LogP contribution in [0.15, 0.2) is 72.9 Å². The third kappa shape index (κ3) is 29.5. The fraction of sp³-hybridized carbons (Fsp3) is 0.526. The number of esters is 3. The van der Waals surface area contributed by atoms with Gasteiger partial charge in [-0.3, -0.25) is 14.4 Å². The van der Waals surface area contributed by atoms with Crippen LogP contribution in [0.2, 0.25) is 0 Å². The molecule has 9 nitrogen and oxygen atoms in total. The van der Waals surface area contributed by atoms with E-state index in [1.807, 2.05) is 0 Å². The molecule has 0 saturated carbocycles. The molecule has 0 spiro atoms. The number of hydrogen-bond donors (Lipinski definition) is 0. The van der Waals surface area contributed by atoms with Crippen LogP contribution in [-0.4, -0.2) is 73.8 Å². The van der Waals surface area contributed by atoms with E-state index >= 15 is 0 Å². The third-order valence-electron chi connectivity index (χ3n) is 9.80. The molecule has 3 aliphatic heterocycles. The van der Waals surface area contributed by atoms with Crippen molar-refractivity contribution in [3.63, 3.8) is 0 Å². The molecule has 3 heterocycles. The summed E-state index contributed by atoms with van der Waals surface area (Å²) >= 11 is 0. The van der Waals surface area contributed by atoms with Crippen LogP contribution in [0.4, 0.5) is 0 Å². The maximum Gasteiger partial charge on any atom is 0.307 e. The standard InChI is InChI=1S/C57H68O9/c1-4-7-10-13-16-19-28-37-49-52(64-49)40-31-22-25-34-43-55(58)61-46-48(63-57(60)45-36-27-24-33-42-54-51(66-54)39-30-21-18-15-12-9-6-3)47-62-56(59)44-35-26-23-32-41-53-50(65-53)38-29-20-17-14-11-8-5-2/h7-18,48-54H,4-6,19-21,28-30,34-39,43-47H2,1-3H3/b10-7-,11-8-,12-9-,16-13-,17-14-,18-15-/t49-,50-,51-,52-,53-,54-/m0/s1. The van der Waals surface area contributed by atoms with Gasteiger partial charge in [-0.25, -0.2) is 0 Å². The van der Waals surface area contributed by atoms with E-state index in [1.54, 1.807) is 0 Å². The quantitative estimate of drug-likeness (QED) is 0.0181. The van der Waals surface area contributed by atoms with Gasteiger partial charge in [-0.1, -0.05) is 129 Å². The Morgan fingerprint density at radius 2 is 0.803 bits per heavy atom. The number of ether oxygens (including phenoxy) is 6. The second-order valence-corrected chi connectivity index (χ2v) is 15.6. The molecule has 0 aromatic rings.